The number of pyridine rings is 1. The molecule has 1 aromatic heterocycles. The quantitative estimate of drug-likeness (QED) is 0.858. The maximum atomic E-state index is 12.8. The summed E-state index contributed by atoms with van der Waals surface area (Å²) in [7, 11) is 3.53. The number of benzene rings is 1. The minimum absolute atomic E-state index is 0.0868. The zero-order chi connectivity index (χ0) is 17.8. The molecule has 0 saturated carbocycles. The van der Waals surface area contributed by atoms with E-state index in [-0.39, 0.29) is 11.9 Å². The zero-order valence-electron chi connectivity index (χ0n) is 14.3. The maximum Gasteiger partial charge on any atom is 0.255 e. The van der Waals surface area contributed by atoms with E-state index in [1.807, 2.05) is 42.3 Å². The van der Waals surface area contributed by atoms with Crippen LogP contribution in [0.3, 0.4) is 0 Å². The van der Waals surface area contributed by atoms with E-state index in [1.54, 1.807) is 24.4 Å². The first-order valence-electron chi connectivity index (χ1n) is 8.11. The van der Waals surface area contributed by atoms with Crippen molar-refractivity contribution in [2.45, 2.75) is 6.04 Å². The van der Waals surface area contributed by atoms with E-state index in [4.69, 9.17) is 4.74 Å². The number of rotatable bonds is 3. The summed E-state index contributed by atoms with van der Waals surface area (Å²) in [5, 5.41) is 9.21. The van der Waals surface area contributed by atoms with Gasteiger partial charge < -0.3 is 9.64 Å². The third-order valence-electron chi connectivity index (χ3n) is 4.49. The van der Waals surface area contributed by atoms with Crippen molar-refractivity contribution in [1.29, 1.82) is 5.26 Å². The zero-order valence-corrected chi connectivity index (χ0v) is 14.3. The number of hydrogen-bond acceptors (Lipinski definition) is 5. The van der Waals surface area contributed by atoms with Gasteiger partial charge in [0.25, 0.3) is 5.91 Å². The van der Waals surface area contributed by atoms with Crippen LogP contribution in [0.25, 0.3) is 11.1 Å². The second-order valence-electron chi connectivity index (χ2n) is 6.07. The van der Waals surface area contributed by atoms with E-state index in [9.17, 15) is 10.1 Å². The lowest BCUT2D eigenvalue weighted by molar-refractivity contribution is 0.0611. The number of nitrogens with zero attached hydrogens (tertiary/aromatic N) is 4. The van der Waals surface area contributed by atoms with E-state index in [1.165, 1.54) is 0 Å². The van der Waals surface area contributed by atoms with Crippen LogP contribution in [0, 0.1) is 11.3 Å². The predicted octanol–water partition coefficient (Wildman–Crippen LogP) is 2.04. The average molecular weight is 336 g/mol. The molecule has 1 aliphatic rings. The SMILES string of the molecule is COc1ccc(-c2cncc(C(=O)N3CCN(C)C(C#N)C3)c2)cc1. The van der Waals surface area contributed by atoms with Gasteiger partial charge in [-0.3, -0.25) is 14.7 Å². The number of methoxy groups -OCH3 is 1. The highest BCUT2D eigenvalue weighted by molar-refractivity contribution is 5.95. The van der Waals surface area contributed by atoms with Crippen molar-refractivity contribution in [1.82, 2.24) is 14.8 Å². The average Bonchev–Trinajstić information content (AvgIpc) is 2.68. The monoisotopic (exact) mass is 336 g/mol. The number of nitriles is 1. The molecule has 1 atom stereocenters. The van der Waals surface area contributed by atoms with Crippen LogP contribution in [-0.4, -0.2) is 60.5 Å². The van der Waals surface area contributed by atoms with Gasteiger partial charge in [-0.1, -0.05) is 12.1 Å². The molecule has 6 heteroatoms. The largest absolute Gasteiger partial charge is 0.497 e. The van der Waals surface area contributed by atoms with Crippen LogP contribution < -0.4 is 4.74 Å². The molecule has 128 valence electrons. The summed E-state index contributed by atoms with van der Waals surface area (Å²) in [6, 6.07) is 11.4. The smallest absolute Gasteiger partial charge is 0.255 e. The summed E-state index contributed by atoms with van der Waals surface area (Å²) < 4.78 is 5.17. The van der Waals surface area contributed by atoms with Crippen LogP contribution in [0.5, 0.6) is 5.75 Å². The van der Waals surface area contributed by atoms with Crippen LogP contribution >= 0.6 is 0 Å². The Morgan fingerprint density at radius 2 is 2.00 bits per heavy atom. The van der Waals surface area contributed by atoms with Gasteiger partial charge in [-0.05, 0) is 30.8 Å². The van der Waals surface area contributed by atoms with Gasteiger partial charge in [-0.25, -0.2) is 0 Å². The van der Waals surface area contributed by atoms with Crippen molar-refractivity contribution in [3.8, 4) is 22.9 Å². The molecule has 1 amide bonds. The van der Waals surface area contributed by atoms with Gasteiger partial charge in [0.2, 0.25) is 0 Å². The second-order valence-corrected chi connectivity index (χ2v) is 6.07. The summed E-state index contributed by atoms with van der Waals surface area (Å²) in [4.78, 5) is 20.7. The molecule has 0 spiro atoms. The molecule has 1 fully saturated rings. The van der Waals surface area contributed by atoms with Crippen molar-refractivity contribution < 1.29 is 9.53 Å². The summed E-state index contributed by atoms with van der Waals surface area (Å²) in [5.74, 6) is 0.695. The Bertz CT molecular complexity index is 798. The first-order valence-corrected chi connectivity index (χ1v) is 8.11. The van der Waals surface area contributed by atoms with Gasteiger partial charge in [-0.15, -0.1) is 0 Å². The van der Waals surface area contributed by atoms with Crippen LogP contribution in [0.4, 0.5) is 0 Å². The van der Waals surface area contributed by atoms with Gasteiger partial charge in [0.15, 0.2) is 0 Å². The van der Waals surface area contributed by atoms with Crippen LogP contribution in [0.1, 0.15) is 10.4 Å². The number of ether oxygens (including phenoxy) is 1. The Balaban J connectivity index is 1.81. The molecular weight excluding hydrogens is 316 g/mol. The molecule has 3 rings (SSSR count). The lowest BCUT2D eigenvalue weighted by Gasteiger charge is -2.36. The van der Waals surface area contributed by atoms with Gasteiger partial charge in [-0.2, -0.15) is 5.26 Å². The van der Waals surface area contributed by atoms with Crippen LogP contribution in [0.15, 0.2) is 42.7 Å². The van der Waals surface area contributed by atoms with Crippen molar-refractivity contribution in [2.24, 2.45) is 0 Å². The normalized spacial score (nSPS) is 17.8. The molecule has 2 heterocycles. The number of amides is 1. The van der Waals surface area contributed by atoms with Crippen LogP contribution in [-0.2, 0) is 0 Å². The molecular formula is C19H20N4O2. The lowest BCUT2D eigenvalue weighted by atomic mass is 10.0. The molecule has 25 heavy (non-hydrogen) atoms. The topological polar surface area (TPSA) is 69.5 Å². The third kappa shape index (κ3) is 3.62. The molecule has 1 aliphatic heterocycles. The van der Waals surface area contributed by atoms with E-state index < -0.39 is 0 Å². The summed E-state index contributed by atoms with van der Waals surface area (Å²) in [5.41, 5.74) is 2.38. The first-order chi connectivity index (χ1) is 12.1. The van der Waals surface area contributed by atoms with Crippen molar-refractivity contribution >= 4 is 5.91 Å². The molecule has 1 saturated heterocycles. The fourth-order valence-corrected chi connectivity index (χ4v) is 2.88. The number of hydrogen-bond donors (Lipinski definition) is 0. The Morgan fingerprint density at radius 1 is 1.24 bits per heavy atom. The Hall–Kier alpha value is -2.91. The van der Waals surface area contributed by atoms with Crippen molar-refractivity contribution in [3.63, 3.8) is 0 Å². The van der Waals surface area contributed by atoms with Gasteiger partial charge in [0.05, 0.1) is 18.7 Å². The molecule has 0 bridgehead atoms. The van der Waals surface area contributed by atoms with E-state index in [0.29, 0.717) is 25.2 Å². The Morgan fingerprint density at radius 3 is 2.68 bits per heavy atom. The molecule has 0 N–H and O–H groups in total. The Labute approximate surface area is 147 Å². The third-order valence-corrected chi connectivity index (χ3v) is 4.49. The van der Waals surface area contributed by atoms with E-state index in [0.717, 1.165) is 16.9 Å². The number of piperazine rings is 1. The first kappa shape index (κ1) is 16.9. The second kappa shape index (κ2) is 7.32. The maximum absolute atomic E-state index is 12.8. The molecule has 0 radical (unpaired) electrons. The molecule has 1 aromatic carbocycles. The highest BCUT2D eigenvalue weighted by Gasteiger charge is 2.27. The Kier molecular flexibility index (Phi) is 4.96. The highest BCUT2D eigenvalue weighted by atomic mass is 16.5. The minimum Gasteiger partial charge on any atom is -0.497 e. The lowest BCUT2D eigenvalue weighted by Crippen LogP contribution is -2.52. The predicted molar refractivity (Wildman–Crippen MR) is 94.2 cm³/mol. The van der Waals surface area contributed by atoms with E-state index >= 15 is 0 Å². The molecule has 0 aliphatic carbocycles. The molecule has 6 nitrogen and oxygen atoms in total. The summed E-state index contributed by atoms with van der Waals surface area (Å²) in [6.07, 6.45) is 3.32. The number of carbonyl (C=O) groups is 1. The highest BCUT2D eigenvalue weighted by Crippen LogP contribution is 2.23. The van der Waals surface area contributed by atoms with Crippen molar-refractivity contribution in [3.05, 3.63) is 48.3 Å². The van der Waals surface area contributed by atoms with Crippen molar-refractivity contribution in [2.75, 3.05) is 33.8 Å². The fraction of sp³-hybridized carbons (Fsp3) is 0.316. The van der Waals surface area contributed by atoms with Gasteiger partial charge in [0, 0.05) is 37.6 Å². The number of aromatic nitrogens is 1. The minimum atomic E-state index is -0.268. The van der Waals surface area contributed by atoms with Gasteiger partial charge >= 0.3 is 0 Å². The summed E-state index contributed by atoms with van der Waals surface area (Å²) >= 11 is 0. The molecule has 2 aromatic rings. The van der Waals surface area contributed by atoms with Gasteiger partial charge in [0.1, 0.15) is 11.8 Å². The standard InChI is InChI=1S/C19H20N4O2/c1-22-7-8-23(13-17(22)10-20)19(24)16-9-15(11-21-12-16)14-3-5-18(25-2)6-4-14/h3-6,9,11-12,17H,7-8,13H2,1-2H3. The van der Waals surface area contributed by atoms with Crippen LogP contribution in [0.2, 0.25) is 0 Å². The summed E-state index contributed by atoms with van der Waals surface area (Å²) in [6.45, 7) is 1.72. The molecule has 1 unspecified atom stereocenters. The fourth-order valence-electron chi connectivity index (χ4n) is 2.88. The number of carbonyl (C=O) groups excluding carboxylic acids is 1. The van der Waals surface area contributed by atoms with E-state index in [2.05, 4.69) is 11.1 Å². The number of likely N-dealkylation sites (N-methyl/N-ethyl adjacent to an activating group) is 1.